The van der Waals surface area contributed by atoms with Gasteiger partial charge in [0.1, 0.15) is 22.3 Å². The van der Waals surface area contributed by atoms with E-state index in [4.69, 9.17) is 23.8 Å². The molecule has 0 saturated carbocycles. The minimum Gasteiger partial charge on any atom is -0.456 e. The van der Waals surface area contributed by atoms with Crippen LogP contribution >= 0.6 is 0 Å². The highest BCUT2D eigenvalue weighted by Gasteiger charge is 2.19. The summed E-state index contributed by atoms with van der Waals surface area (Å²) in [4.78, 5) is 15.2. The Morgan fingerprint density at radius 1 is 0.298 bits per heavy atom. The fourth-order valence-electron chi connectivity index (χ4n) is 8.30. The number of benzene rings is 8. The van der Waals surface area contributed by atoms with Crippen LogP contribution in [0.4, 0.5) is 0 Å². The topological polar surface area (TPSA) is 69.9 Å². The lowest BCUT2D eigenvalue weighted by Gasteiger charge is -2.09. The molecule has 0 fully saturated rings. The molecule has 8 aromatic carbocycles. The van der Waals surface area contributed by atoms with Gasteiger partial charge in [0.2, 0.25) is 0 Å². The lowest BCUT2D eigenvalue weighted by atomic mass is 10.0. The quantitative estimate of drug-likeness (QED) is 0.176. The zero-order valence-corrected chi connectivity index (χ0v) is 30.4. The van der Waals surface area contributed by atoms with E-state index in [0.717, 1.165) is 88.4 Å². The van der Waals surface area contributed by atoms with E-state index in [-0.39, 0.29) is 0 Å². The van der Waals surface area contributed by atoms with Gasteiger partial charge in [0.05, 0.1) is 11.0 Å². The van der Waals surface area contributed by atoms with Crippen LogP contribution in [0.1, 0.15) is 0 Å². The normalized spacial score (nSPS) is 11.9. The highest BCUT2D eigenvalue weighted by Crippen LogP contribution is 2.40. The van der Waals surface area contributed by atoms with Crippen LogP contribution in [0.5, 0.6) is 0 Å². The van der Waals surface area contributed by atoms with Crippen molar-refractivity contribution in [3.8, 4) is 51.0 Å². The van der Waals surface area contributed by atoms with Crippen LogP contribution in [0.25, 0.3) is 117 Å². The van der Waals surface area contributed by atoms with Crippen molar-refractivity contribution in [3.05, 3.63) is 182 Å². The zero-order chi connectivity index (χ0) is 37.5. The van der Waals surface area contributed by atoms with Crippen LogP contribution in [0, 0.1) is 0 Å². The second-order valence-corrected chi connectivity index (χ2v) is 14.4. The maximum absolute atomic E-state index is 6.67. The van der Waals surface area contributed by atoms with E-state index in [0.29, 0.717) is 17.5 Å². The fourth-order valence-corrected chi connectivity index (χ4v) is 8.30. The molecule has 0 aliphatic rings. The minimum atomic E-state index is 0.556. The maximum atomic E-state index is 6.67. The molecular formula is C51H30N4O2. The number of hydrogen-bond donors (Lipinski definition) is 0. The summed E-state index contributed by atoms with van der Waals surface area (Å²) in [5.74, 6) is 1.70. The third-order valence-electron chi connectivity index (χ3n) is 11.1. The Morgan fingerprint density at radius 2 is 0.789 bits per heavy atom. The average Bonchev–Trinajstić information content (AvgIpc) is 3.94. The maximum Gasteiger partial charge on any atom is 0.164 e. The van der Waals surface area contributed by atoms with Gasteiger partial charge < -0.3 is 13.4 Å². The first-order valence-electron chi connectivity index (χ1n) is 19.0. The van der Waals surface area contributed by atoms with E-state index < -0.39 is 0 Å². The van der Waals surface area contributed by atoms with Crippen LogP contribution in [0.3, 0.4) is 0 Å². The molecule has 0 amide bonds. The first kappa shape index (κ1) is 31.5. The first-order chi connectivity index (χ1) is 28.2. The van der Waals surface area contributed by atoms with E-state index in [9.17, 15) is 0 Å². The number of aromatic nitrogens is 4. The molecule has 57 heavy (non-hydrogen) atoms. The van der Waals surface area contributed by atoms with Crippen molar-refractivity contribution >= 4 is 65.7 Å². The van der Waals surface area contributed by atoms with E-state index in [1.54, 1.807) is 0 Å². The molecule has 0 spiro atoms. The smallest absolute Gasteiger partial charge is 0.164 e. The number of para-hydroxylation sites is 3. The van der Waals surface area contributed by atoms with Crippen molar-refractivity contribution in [2.75, 3.05) is 0 Å². The lowest BCUT2D eigenvalue weighted by molar-refractivity contribution is 0.669. The second-order valence-electron chi connectivity index (χ2n) is 14.4. The summed E-state index contributed by atoms with van der Waals surface area (Å²) in [5.41, 5.74) is 11.4. The number of fused-ring (bicyclic) bond motifs is 9. The van der Waals surface area contributed by atoms with Crippen LogP contribution in [0.15, 0.2) is 191 Å². The van der Waals surface area contributed by atoms with Gasteiger partial charge in [-0.05, 0) is 65.7 Å². The Labute approximate surface area is 325 Å². The largest absolute Gasteiger partial charge is 0.456 e. The van der Waals surface area contributed by atoms with Crippen LogP contribution in [0.2, 0.25) is 0 Å². The Morgan fingerprint density at radius 3 is 1.51 bits per heavy atom. The monoisotopic (exact) mass is 730 g/mol. The van der Waals surface area contributed by atoms with Gasteiger partial charge in [0.25, 0.3) is 0 Å². The van der Waals surface area contributed by atoms with E-state index in [1.807, 2.05) is 42.5 Å². The van der Waals surface area contributed by atoms with E-state index >= 15 is 0 Å². The molecule has 12 aromatic rings. The predicted octanol–water partition coefficient (Wildman–Crippen LogP) is 13.4. The molecule has 4 heterocycles. The summed E-state index contributed by atoms with van der Waals surface area (Å²) in [6, 6.07) is 62.8. The SMILES string of the molecule is c1ccc(-c2ccc(-c3nc(-c4ccc5c(c4)oc4ccccc45)nc(-c4ccc5c(c4)oc4cc6c(cc45)c4ccccc4n6-c4ccccc4)n3)cc2)cc1. The Hall–Kier alpha value is -7.83. The average molecular weight is 731 g/mol. The molecule has 266 valence electrons. The summed E-state index contributed by atoms with van der Waals surface area (Å²) >= 11 is 0. The van der Waals surface area contributed by atoms with Crippen LogP contribution in [-0.2, 0) is 0 Å². The van der Waals surface area contributed by atoms with Gasteiger partial charge in [0.15, 0.2) is 17.5 Å². The molecule has 0 bridgehead atoms. The van der Waals surface area contributed by atoms with Crippen LogP contribution < -0.4 is 0 Å². The highest BCUT2D eigenvalue weighted by atomic mass is 16.3. The molecule has 4 aromatic heterocycles. The Kier molecular flexibility index (Phi) is 6.83. The number of nitrogens with zero attached hydrogens (tertiary/aromatic N) is 4. The van der Waals surface area contributed by atoms with Gasteiger partial charge in [-0.3, -0.25) is 0 Å². The van der Waals surface area contributed by atoms with Gasteiger partial charge in [-0.25, -0.2) is 15.0 Å². The molecule has 0 saturated heterocycles. The summed E-state index contributed by atoms with van der Waals surface area (Å²) in [6.45, 7) is 0. The molecule has 0 aliphatic carbocycles. The highest BCUT2D eigenvalue weighted by molar-refractivity contribution is 6.17. The summed E-state index contributed by atoms with van der Waals surface area (Å²) in [5, 5.41) is 6.61. The van der Waals surface area contributed by atoms with E-state index in [2.05, 4.69) is 144 Å². The fraction of sp³-hybridized carbons (Fsp3) is 0. The molecule has 0 atom stereocenters. The van der Waals surface area contributed by atoms with Crippen molar-refractivity contribution in [2.24, 2.45) is 0 Å². The Bertz CT molecular complexity index is 3510. The predicted molar refractivity (Wildman–Crippen MR) is 230 cm³/mol. The molecule has 6 heteroatoms. The third-order valence-corrected chi connectivity index (χ3v) is 11.1. The van der Waals surface area contributed by atoms with Crippen molar-refractivity contribution in [1.29, 1.82) is 0 Å². The molecular weight excluding hydrogens is 701 g/mol. The van der Waals surface area contributed by atoms with Crippen molar-refractivity contribution < 1.29 is 8.83 Å². The minimum absolute atomic E-state index is 0.556. The van der Waals surface area contributed by atoms with Gasteiger partial charge in [-0.1, -0.05) is 121 Å². The lowest BCUT2D eigenvalue weighted by Crippen LogP contribution is -2.00. The van der Waals surface area contributed by atoms with Gasteiger partial charge in [-0.2, -0.15) is 0 Å². The molecule has 0 aliphatic heterocycles. The number of hydrogen-bond acceptors (Lipinski definition) is 5. The van der Waals surface area contributed by atoms with Gasteiger partial charge in [-0.15, -0.1) is 0 Å². The first-order valence-corrected chi connectivity index (χ1v) is 19.0. The molecule has 12 rings (SSSR count). The number of furan rings is 2. The van der Waals surface area contributed by atoms with Gasteiger partial charge >= 0.3 is 0 Å². The number of rotatable bonds is 5. The Balaban J connectivity index is 1.02. The second kappa shape index (κ2) is 12.3. The molecule has 0 N–H and O–H groups in total. The summed E-state index contributed by atoms with van der Waals surface area (Å²) in [6.07, 6.45) is 0. The van der Waals surface area contributed by atoms with Crippen molar-refractivity contribution in [2.45, 2.75) is 0 Å². The molecule has 0 unspecified atom stereocenters. The standard InChI is InChI=1S/C51H30N4O2/c1-3-11-31(12-4-1)32-19-21-33(22-20-32)49-52-50(34-23-25-39-38-16-8-10-18-45(38)56-46(39)27-34)54-51(53-49)35-24-26-40-42-29-41-37-15-7-9-17-43(37)55(36-13-5-2-6-14-36)44(41)30-48(42)57-47(40)28-35/h1-30H. The van der Waals surface area contributed by atoms with Gasteiger partial charge in [0, 0.05) is 60.8 Å². The van der Waals surface area contributed by atoms with E-state index in [1.165, 1.54) is 10.8 Å². The summed E-state index contributed by atoms with van der Waals surface area (Å²) in [7, 11) is 0. The molecule has 6 nitrogen and oxygen atoms in total. The van der Waals surface area contributed by atoms with Crippen molar-refractivity contribution in [1.82, 2.24) is 19.5 Å². The van der Waals surface area contributed by atoms with Crippen LogP contribution in [-0.4, -0.2) is 19.5 Å². The van der Waals surface area contributed by atoms with Crippen molar-refractivity contribution in [3.63, 3.8) is 0 Å². The zero-order valence-electron chi connectivity index (χ0n) is 30.4. The summed E-state index contributed by atoms with van der Waals surface area (Å²) < 4.78 is 15.3. The molecule has 0 radical (unpaired) electrons. The third kappa shape index (κ3) is 5.08.